The largest absolute Gasteiger partial charge is 0.472 e. The number of hydrogen-bond acceptors (Lipinski definition) is 7. The fourth-order valence-electron chi connectivity index (χ4n) is 6.94. The van der Waals surface area contributed by atoms with Gasteiger partial charge >= 0.3 is 13.8 Å². The number of nitrogens with one attached hydrogen (secondary N) is 1. The first-order chi connectivity index (χ1) is 28.3. The maximum absolute atomic E-state index is 12.1. The van der Waals surface area contributed by atoms with Gasteiger partial charge in [-0.15, -0.1) is 0 Å². The third kappa shape index (κ3) is 45.6. The summed E-state index contributed by atoms with van der Waals surface area (Å²) in [5, 5.41) is 12.7. The quantitative estimate of drug-likeness (QED) is 0.0239. The Labute approximate surface area is 357 Å². The van der Waals surface area contributed by atoms with Crippen LogP contribution in [0.1, 0.15) is 239 Å². The van der Waals surface area contributed by atoms with Gasteiger partial charge in [0.1, 0.15) is 12.7 Å². The van der Waals surface area contributed by atoms with Gasteiger partial charge in [0.05, 0.1) is 13.2 Å². The van der Waals surface area contributed by atoms with Crippen molar-refractivity contribution in [1.29, 1.82) is 0 Å². The summed E-state index contributed by atoms with van der Waals surface area (Å²) >= 11 is 0. The Bertz CT molecular complexity index is 1010. The molecule has 0 aromatic rings. The molecular formula is C48H92NO8P. The SMILES string of the molecule is CCCCC/C=C\C/C=C\CCCCCCCCCCCC(=O)OCC(O)COP(=O)(O)OCCNC(=O)CCCCCCCCCCCCCCCCCCCC. The van der Waals surface area contributed by atoms with E-state index >= 15 is 0 Å². The van der Waals surface area contributed by atoms with Crippen molar-refractivity contribution in [3.8, 4) is 0 Å². The number of carbonyl (C=O) groups excluding carboxylic acids is 2. The maximum atomic E-state index is 12.1. The number of unbranched alkanes of at least 4 members (excludes halogenated alkanes) is 29. The van der Waals surface area contributed by atoms with Crippen LogP contribution in [0.15, 0.2) is 24.3 Å². The van der Waals surface area contributed by atoms with E-state index in [0.29, 0.717) is 6.42 Å². The van der Waals surface area contributed by atoms with E-state index in [0.717, 1.165) is 44.9 Å². The number of hydrogen-bond donors (Lipinski definition) is 3. The van der Waals surface area contributed by atoms with Crippen LogP contribution in [0.3, 0.4) is 0 Å². The molecule has 0 aliphatic rings. The van der Waals surface area contributed by atoms with Crippen molar-refractivity contribution < 1.29 is 37.9 Å². The average Bonchev–Trinajstić information content (AvgIpc) is 3.21. The molecule has 3 N–H and O–H groups in total. The molecule has 0 heterocycles. The summed E-state index contributed by atoms with van der Waals surface area (Å²) in [6, 6.07) is 0. The summed E-state index contributed by atoms with van der Waals surface area (Å²) in [6.45, 7) is 3.57. The molecule has 0 rings (SSSR count). The lowest BCUT2D eigenvalue weighted by Crippen LogP contribution is -2.27. The van der Waals surface area contributed by atoms with E-state index < -0.39 is 26.5 Å². The number of aliphatic hydroxyl groups excluding tert-OH is 1. The molecule has 0 saturated carbocycles. The van der Waals surface area contributed by atoms with Crippen LogP contribution in [-0.4, -0.2) is 54.3 Å². The van der Waals surface area contributed by atoms with Crippen molar-refractivity contribution >= 4 is 19.7 Å². The van der Waals surface area contributed by atoms with Crippen molar-refractivity contribution in [2.45, 2.75) is 245 Å². The predicted molar refractivity (Wildman–Crippen MR) is 243 cm³/mol. The van der Waals surface area contributed by atoms with E-state index in [2.05, 4.69) is 43.5 Å². The number of aliphatic hydroxyl groups is 1. The van der Waals surface area contributed by atoms with Crippen molar-refractivity contribution in [2.75, 3.05) is 26.4 Å². The van der Waals surface area contributed by atoms with Gasteiger partial charge in [0, 0.05) is 19.4 Å². The van der Waals surface area contributed by atoms with E-state index in [9.17, 15) is 24.2 Å². The highest BCUT2D eigenvalue weighted by Gasteiger charge is 2.23. The Balaban J connectivity index is 3.55. The molecule has 0 bridgehead atoms. The molecule has 0 aliphatic heterocycles. The van der Waals surface area contributed by atoms with Crippen molar-refractivity contribution in [3.63, 3.8) is 0 Å². The first-order valence-electron chi connectivity index (χ1n) is 24.3. The van der Waals surface area contributed by atoms with Gasteiger partial charge in [-0.1, -0.05) is 205 Å². The van der Waals surface area contributed by atoms with Gasteiger partial charge in [0.2, 0.25) is 5.91 Å². The highest BCUT2D eigenvalue weighted by Crippen LogP contribution is 2.42. The Hall–Kier alpha value is -1.51. The molecule has 0 radical (unpaired) electrons. The van der Waals surface area contributed by atoms with Crippen molar-refractivity contribution in [1.82, 2.24) is 5.32 Å². The van der Waals surface area contributed by atoms with Crippen LogP contribution >= 0.6 is 7.82 Å². The average molecular weight is 842 g/mol. The van der Waals surface area contributed by atoms with Crippen molar-refractivity contribution in [3.05, 3.63) is 24.3 Å². The summed E-state index contributed by atoms with van der Waals surface area (Å²) in [4.78, 5) is 34.0. The zero-order valence-corrected chi connectivity index (χ0v) is 38.6. The van der Waals surface area contributed by atoms with Crippen LogP contribution in [-0.2, 0) is 27.9 Å². The molecule has 10 heteroatoms. The summed E-state index contributed by atoms with van der Waals surface area (Å²) in [6.07, 6.45) is 49.6. The van der Waals surface area contributed by atoms with Gasteiger partial charge in [0.25, 0.3) is 0 Å². The normalized spacial score (nSPS) is 13.4. The number of phosphoric ester groups is 1. The second-order valence-corrected chi connectivity index (χ2v) is 17.9. The molecule has 0 spiro atoms. The molecule has 58 heavy (non-hydrogen) atoms. The summed E-state index contributed by atoms with van der Waals surface area (Å²) in [7, 11) is -4.42. The van der Waals surface area contributed by atoms with Gasteiger partial charge in [-0.25, -0.2) is 4.57 Å². The fourth-order valence-corrected chi connectivity index (χ4v) is 7.70. The highest BCUT2D eigenvalue weighted by atomic mass is 31.2. The molecule has 342 valence electrons. The molecule has 1 amide bonds. The van der Waals surface area contributed by atoms with E-state index in [4.69, 9.17) is 13.8 Å². The minimum absolute atomic E-state index is 0.0852. The van der Waals surface area contributed by atoms with Crippen LogP contribution in [0, 0.1) is 0 Å². The molecule has 0 aromatic carbocycles. The van der Waals surface area contributed by atoms with Crippen LogP contribution in [0.25, 0.3) is 0 Å². The first kappa shape index (κ1) is 56.5. The highest BCUT2D eigenvalue weighted by molar-refractivity contribution is 7.47. The second-order valence-electron chi connectivity index (χ2n) is 16.4. The van der Waals surface area contributed by atoms with Crippen LogP contribution in [0.5, 0.6) is 0 Å². The monoisotopic (exact) mass is 842 g/mol. The van der Waals surface area contributed by atoms with Crippen LogP contribution in [0.2, 0.25) is 0 Å². The lowest BCUT2D eigenvalue weighted by molar-refractivity contribution is -0.147. The third-order valence-corrected chi connectivity index (χ3v) is 11.6. The van der Waals surface area contributed by atoms with Gasteiger partial charge in [0.15, 0.2) is 0 Å². The fraction of sp³-hybridized carbons (Fsp3) is 0.875. The minimum atomic E-state index is -4.42. The molecule has 0 aromatic heterocycles. The number of phosphoric acid groups is 1. The van der Waals surface area contributed by atoms with Gasteiger partial charge < -0.3 is 20.1 Å². The number of rotatable bonds is 46. The second kappa shape index (κ2) is 45.0. The van der Waals surface area contributed by atoms with E-state index in [1.165, 1.54) is 167 Å². The third-order valence-electron chi connectivity index (χ3n) is 10.6. The topological polar surface area (TPSA) is 131 Å². The predicted octanol–water partition coefficient (Wildman–Crippen LogP) is 13.9. The Morgan fingerprint density at radius 3 is 1.41 bits per heavy atom. The standard InChI is InChI=1S/C48H92NO8P/c1-3-5-7-9-11-13-15-17-19-21-23-25-27-29-31-33-35-37-39-41-48(52)55-44-46(50)45-57-58(53,54)56-43-42-49-47(51)40-38-36-34-32-30-28-26-24-22-20-18-16-14-12-10-8-6-4-2/h11,13,17,19,46,50H,3-10,12,14-16,18,20-45H2,1-2H3,(H,49,51)(H,53,54)/b13-11-,19-17-. The molecule has 2 unspecified atom stereocenters. The lowest BCUT2D eigenvalue weighted by Gasteiger charge is -2.15. The van der Waals surface area contributed by atoms with Crippen LogP contribution in [0.4, 0.5) is 0 Å². The first-order valence-corrected chi connectivity index (χ1v) is 25.8. The molecule has 9 nitrogen and oxygen atoms in total. The van der Waals surface area contributed by atoms with E-state index in [1.807, 2.05) is 0 Å². The summed E-state index contributed by atoms with van der Waals surface area (Å²) in [5.41, 5.74) is 0. The molecule has 0 fully saturated rings. The van der Waals surface area contributed by atoms with E-state index in [-0.39, 0.29) is 32.1 Å². The van der Waals surface area contributed by atoms with Gasteiger partial charge in [-0.05, 0) is 44.9 Å². The van der Waals surface area contributed by atoms with Gasteiger partial charge in [-0.3, -0.25) is 18.6 Å². The smallest absolute Gasteiger partial charge is 0.463 e. The molecular weight excluding hydrogens is 750 g/mol. The minimum Gasteiger partial charge on any atom is -0.463 e. The van der Waals surface area contributed by atoms with Crippen LogP contribution < -0.4 is 5.32 Å². The zero-order valence-electron chi connectivity index (χ0n) is 37.8. The Morgan fingerprint density at radius 2 is 0.931 bits per heavy atom. The Morgan fingerprint density at radius 1 is 0.534 bits per heavy atom. The summed E-state index contributed by atoms with van der Waals surface area (Å²) in [5.74, 6) is -0.511. The van der Waals surface area contributed by atoms with Gasteiger partial charge in [-0.2, -0.15) is 0 Å². The number of carbonyl (C=O) groups is 2. The maximum Gasteiger partial charge on any atom is 0.472 e. The van der Waals surface area contributed by atoms with Crippen molar-refractivity contribution in [2.24, 2.45) is 0 Å². The van der Waals surface area contributed by atoms with E-state index in [1.54, 1.807) is 0 Å². The summed E-state index contributed by atoms with van der Waals surface area (Å²) < 4.78 is 27.0. The Kier molecular flexibility index (Phi) is 43.9. The number of allylic oxidation sites excluding steroid dienone is 4. The molecule has 0 saturated heterocycles. The number of ether oxygens (including phenoxy) is 1. The zero-order chi connectivity index (χ0) is 42.5. The molecule has 0 aliphatic carbocycles. The lowest BCUT2D eigenvalue weighted by atomic mass is 10.0. The molecule has 2 atom stereocenters. The number of amides is 1. The number of esters is 1.